The van der Waals surface area contributed by atoms with Gasteiger partial charge in [-0.3, -0.25) is 0 Å². The number of nitrogens with two attached hydrogens (primary N) is 1. The third kappa shape index (κ3) is 3.03. The molecule has 0 spiro atoms. The van der Waals surface area contributed by atoms with Gasteiger partial charge < -0.3 is 10.5 Å². The van der Waals surface area contributed by atoms with Crippen LogP contribution in [0.3, 0.4) is 0 Å². The molecule has 0 amide bonds. The number of carbonyl (C=O) groups excluding carboxylic acids is 1. The standard InChI is InChI=1S/C10H11ClF2N2O2/c1-2-17-10(16)5-3-7(8(12)13)15-9(14)6(5)4-11/h3,8H,2,4H2,1H3,(H2,14,15). The third-order valence-electron chi connectivity index (χ3n) is 2.03. The molecule has 0 aliphatic carbocycles. The molecule has 17 heavy (non-hydrogen) atoms. The summed E-state index contributed by atoms with van der Waals surface area (Å²) in [7, 11) is 0. The SMILES string of the molecule is CCOC(=O)c1cc(C(F)F)nc(N)c1CCl. The summed E-state index contributed by atoms with van der Waals surface area (Å²) < 4.78 is 29.8. The molecule has 2 N–H and O–H groups in total. The number of aromatic nitrogens is 1. The van der Waals surface area contributed by atoms with E-state index in [0.717, 1.165) is 6.07 Å². The number of nitrogens with zero attached hydrogens (tertiary/aromatic N) is 1. The zero-order valence-electron chi connectivity index (χ0n) is 9.04. The average molecular weight is 265 g/mol. The number of pyridine rings is 1. The fraction of sp³-hybridized carbons (Fsp3) is 0.400. The van der Waals surface area contributed by atoms with Gasteiger partial charge in [0.05, 0.1) is 18.1 Å². The van der Waals surface area contributed by atoms with Gasteiger partial charge in [-0.25, -0.2) is 18.6 Å². The van der Waals surface area contributed by atoms with Crippen LogP contribution in [0, 0.1) is 0 Å². The molecule has 0 saturated carbocycles. The monoisotopic (exact) mass is 264 g/mol. The van der Waals surface area contributed by atoms with E-state index in [1.807, 2.05) is 0 Å². The second kappa shape index (κ2) is 5.77. The fourth-order valence-corrected chi connectivity index (χ4v) is 1.54. The Morgan fingerprint density at radius 3 is 2.76 bits per heavy atom. The summed E-state index contributed by atoms with van der Waals surface area (Å²) in [5, 5.41) is 0. The molecule has 1 aromatic rings. The maximum absolute atomic E-state index is 12.5. The van der Waals surface area contributed by atoms with Crippen molar-refractivity contribution in [3.63, 3.8) is 0 Å². The van der Waals surface area contributed by atoms with Crippen molar-refractivity contribution in [1.29, 1.82) is 0 Å². The van der Waals surface area contributed by atoms with Crippen LogP contribution >= 0.6 is 11.6 Å². The van der Waals surface area contributed by atoms with Gasteiger partial charge in [0.25, 0.3) is 6.43 Å². The Kier molecular flexibility index (Phi) is 4.62. The molecular weight excluding hydrogens is 254 g/mol. The van der Waals surface area contributed by atoms with Gasteiger partial charge in [-0.05, 0) is 13.0 Å². The minimum atomic E-state index is -2.81. The zero-order valence-corrected chi connectivity index (χ0v) is 9.80. The summed E-state index contributed by atoms with van der Waals surface area (Å²) in [5.41, 5.74) is 5.04. The lowest BCUT2D eigenvalue weighted by atomic mass is 10.1. The van der Waals surface area contributed by atoms with E-state index in [-0.39, 0.29) is 29.4 Å². The number of nitrogen functional groups attached to an aromatic ring is 1. The minimum Gasteiger partial charge on any atom is -0.462 e. The number of alkyl halides is 3. The number of ether oxygens (including phenoxy) is 1. The van der Waals surface area contributed by atoms with Gasteiger partial charge in [0.1, 0.15) is 11.5 Å². The lowest BCUT2D eigenvalue weighted by Crippen LogP contribution is -2.12. The normalized spacial score (nSPS) is 10.6. The average Bonchev–Trinajstić information content (AvgIpc) is 2.28. The van der Waals surface area contributed by atoms with Crippen LogP contribution in [0.5, 0.6) is 0 Å². The molecule has 0 aliphatic rings. The van der Waals surface area contributed by atoms with Crippen LogP contribution in [0.2, 0.25) is 0 Å². The van der Waals surface area contributed by atoms with Crippen LogP contribution in [-0.4, -0.2) is 17.6 Å². The molecule has 0 aliphatic heterocycles. The third-order valence-corrected chi connectivity index (χ3v) is 2.30. The molecule has 0 bridgehead atoms. The maximum Gasteiger partial charge on any atom is 0.338 e. The van der Waals surface area contributed by atoms with Crippen molar-refractivity contribution >= 4 is 23.4 Å². The first kappa shape index (κ1) is 13.6. The van der Waals surface area contributed by atoms with Crippen LogP contribution in [0.25, 0.3) is 0 Å². The molecule has 1 aromatic heterocycles. The topological polar surface area (TPSA) is 65.2 Å². The smallest absolute Gasteiger partial charge is 0.338 e. The predicted octanol–water partition coefficient (Wildman–Crippen LogP) is 2.52. The van der Waals surface area contributed by atoms with E-state index in [9.17, 15) is 13.6 Å². The van der Waals surface area contributed by atoms with E-state index in [0.29, 0.717) is 0 Å². The molecule has 0 aromatic carbocycles. The number of hydrogen-bond acceptors (Lipinski definition) is 4. The Labute approximate surface area is 102 Å². The molecule has 0 unspecified atom stereocenters. The zero-order chi connectivity index (χ0) is 13.0. The summed E-state index contributed by atoms with van der Waals surface area (Å²) in [6.45, 7) is 1.74. The molecule has 94 valence electrons. The fourth-order valence-electron chi connectivity index (χ4n) is 1.26. The van der Waals surface area contributed by atoms with Gasteiger partial charge in [0.15, 0.2) is 0 Å². The number of rotatable bonds is 4. The lowest BCUT2D eigenvalue weighted by molar-refractivity contribution is 0.0524. The predicted molar refractivity (Wildman–Crippen MR) is 59.1 cm³/mol. The Morgan fingerprint density at radius 1 is 1.65 bits per heavy atom. The van der Waals surface area contributed by atoms with E-state index >= 15 is 0 Å². The van der Waals surface area contributed by atoms with Crippen molar-refractivity contribution in [3.8, 4) is 0 Å². The summed E-state index contributed by atoms with van der Waals surface area (Å²) in [5.74, 6) is -1.02. The summed E-state index contributed by atoms with van der Waals surface area (Å²) in [6.07, 6.45) is -2.81. The van der Waals surface area contributed by atoms with Gasteiger partial charge in [-0.2, -0.15) is 0 Å². The van der Waals surface area contributed by atoms with E-state index < -0.39 is 18.1 Å². The molecular formula is C10H11ClF2N2O2. The van der Waals surface area contributed by atoms with Gasteiger partial charge >= 0.3 is 5.97 Å². The van der Waals surface area contributed by atoms with Crippen LogP contribution in [0.4, 0.5) is 14.6 Å². The molecule has 1 rings (SSSR count). The van der Waals surface area contributed by atoms with Crippen molar-refractivity contribution in [1.82, 2.24) is 4.98 Å². The highest BCUT2D eigenvalue weighted by atomic mass is 35.5. The summed E-state index contributed by atoms with van der Waals surface area (Å²) in [6, 6.07) is 0.955. The molecule has 0 atom stereocenters. The molecule has 0 radical (unpaired) electrons. The quantitative estimate of drug-likeness (QED) is 0.670. The number of hydrogen-bond donors (Lipinski definition) is 1. The van der Waals surface area contributed by atoms with Gasteiger partial charge in [-0.1, -0.05) is 0 Å². The number of anilines is 1. The van der Waals surface area contributed by atoms with Crippen LogP contribution < -0.4 is 5.73 Å². The van der Waals surface area contributed by atoms with E-state index in [1.54, 1.807) is 6.92 Å². The Hall–Kier alpha value is -1.43. The second-order valence-electron chi connectivity index (χ2n) is 3.11. The summed E-state index contributed by atoms with van der Waals surface area (Å²) >= 11 is 5.60. The van der Waals surface area contributed by atoms with E-state index in [2.05, 4.69) is 4.98 Å². The van der Waals surface area contributed by atoms with Gasteiger partial charge in [0.2, 0.25) is 0 Å². The van der Waals surface area contributed by atoms with Crippen molar-refractivity contribution in [2.24, 2.45) is 0 Å². The highest BCUT2D eigenvalue weighted by Crippen LogP contribution is 2.25. The van der Waals surface area contributed by atoms with E-state index in [4.69, 9.17) is 22.1 Å². The second-order valence-corrected chi connectivity index (χ2v) is 3.38. The molecule has 1 heterocycles. The first-order valence-corrected chi connectivity index (χ1v) is 5.35. The molecule has 0 saturated heterocycles. The highest BCUT2D eigenvalue weighted by molar-refractivity contribution is 6.18. The Bertz CT molecular complexity index is 427. The lowest BCUT2D eigenvalue weighted by Gasteiger charge is -2.10. The summed E-state index contributed by atoms with van der Waals surface area (Å²) in [4.78, 5) is 15.0. The molecule has 4 nitrogen and oxygen atoms in total. The molecule has 0 fully saturated rings. The van der Waals surface area contributed by atoms with Gasteiger partial charge in [0, 0.05) is 5.56 Å². The van der Waals surface area contributed by atoms with Crippen LogP contribution in [0.1, 0.15) is 35.0 Å². The highest BCUT2D eigenvalue weighted by Gasteiger charge is 2.20. The van der Waals surface area contributed by atoms with E-state index in [1.165, 1.54) is 0 Å². The number of esters is 1. The van der Waals surface area contributed by atoms with Crippen molar-refractivity contribution in [2.45, 2.75) is 19.2 Å². The number of halogens is 3. The Balaban J connectivity index is 3.28. The number of carbonyl (C=O) groups is 1. The first-order chi connectivity index (χ1) is 8.01. The maximum atomic E-state index is 12.5. The van der Waals surface area contributed by atoms with Crippen molar-refractivity contribution < 1.29 is 18.3 Å². The minimum absolute atomic E-state index is 0.0651. The largest absolute Gasteiger partial charge is 0.462 e. The molecule has 7 heteroatoms. The van der Waals surface area contributed by atoms with Crippen LogP contribution in [0.15, 0.2) is 6.07 Å². The Morgan fingerprint density at radius 2 is 2.29 bits per heavy atom. The van der Waals surface area contributed by atoms with Crippen molar-refractivity contribution in [2.75, 3.05) is 12.3 Å². The first-order valence-electron chi connectivity index (χ1n) is 4.81. The van der Waals surface area contributed by atoms with Crippen molar-refractivity contribution in [3.05, 3.63) is 22.9 Å². The van der Waals surface area contributed by atoms with Gasteiger partial charge in [-0.15, -0.1) is 11.6 Å². The van der Waals surface area contributed by atoms with Crippen LogP contribution in [-0.2, 0) is 10.6 Å².